The molecule has 4 heteroatoms. The number of β-amino-alcohol motifs (C(OH)–C–C–N with tert-alkyl or cyclic N) is 1. The summed E-state index contributed by atoms with van der Waals surface area (Å²) in [5.41, 5.74) is 1.71. The van der Waals surface area contributed by atoms with Gasteiger partial charge in [-0.25, -0.2) is 0 Å². The minimum Gasteiger partial charge on any atom is -0.388 e. The summed E-state index contributed by atoms with van der Waals surface area (Å²) < 4.78 is 0. The maximum atomic E-state index is 12.1. The maximum Gasteiger partial charge on any atom is 0.233 e. The van der Waals surface area contributed by atoms with Crippen LogP contribution in [-0.2, 0) is 4.79 Å². The minimum absolute atomic E-state index is 0.115. The summed E-state index contributed by atoms with van der Waals surface area (Å²) in [6, 6.07) is 6.29. The van der Waals surface area contributed by atoms with Gasteiger partial charge in [0.05, 0.1) is 11.4 Å². The van der Waals surface area contributed by atoms with Crippen LogP contribution in [0.3, 0.4) is 0 Å². The van der Waals surface area contributed by atoms with Gasteiger partial charge in [-0.3, -0.25) is 4.79 Å². The fourth-order valence-corrected chi connectivity index (χ4v) is 3.28. The minimum atomic E-state index is -0.709. The van der Waals surface area contributed by atoms with Crippen LogP contribution in [0.2, 0.25) is 0 Å². The van der Waals surface area contributed by atoms with Gasteiger partial charge in [-0.1, -0.05) is 17.7 Å². The second kappa shape index (κ2) is 5.55. The number of rotatable bonds is 3. The predicted octanol–water partition coefficient (Wildman–Crippen LogP) is 2.38. The zero-order valence-corrected chi connectivity index (χ0v) is 12.6. The first-order chi connectivity index (χ1) is 8.87. The van der Waals surface area contributed by atoms with E-state index in [1.807, 2.05) is 0 Å². The molecular formula is C15H21NO2S. The van der Waals surface area contributed by atoms with E-state index in [0.29, 0.717) is 25.3 Å². The Morgan fingerprint density at radius 1 is 1.47 bits per heavy atom. The largest absolute Gasteiger partial charge is 0.388 e. The van der Waals surface area contributed by atoms with Crippen LogP contribution in [0.25, 0.3) is 0 Å². The Balaban J connectivity index is 1.92. The number of aryl methyl sites for hydroxylation is 2. The van der Waals surface area contributed by atoms with E-state index in [0.717, 1.165) is 0 Å². The Hall–Kier alpha value is -1.00. The molecule has 1 unspecified atom stereocenters. The third-order valence-corrected chi connectivity index (χ3v) is 4.64. The topological polar surface area (TPSA) is 40.5 Å². The summed E-state index contributed by atoms with van der Waals surface area (Å²) in [6.07, 6.45) is 0.673. The highest BCUT2D eigenvalue weighted by atomic mass is 32.2. The van der Waals surface area contributed by atoms with Crippen LogP contribution < -0.4 is 0 Å². The fourth-order valence-electron chi connectivity index (χ4n) is 2.25. The summed E-state index contributed by atoms with van der Waals surface area (Å²) in [6.45, 7) is 7.03. The average molecular weight is 279 g/mol. The highest BCUT2D eigenvalue weighted by molar-refractivity contribution is 8.00. The van der Waals surface area contributed by atoms with Crippen molar-refractivity contribution in [3.8, 4) is 0 Å². The van der Waals surface area contributed by atoms with E-state index < -0.39 is 5.60 Å². The van der Waals surface area contributed by atoms with Gasteiger partial charge in [-0.05, 0) is 38.8 Å². The number of carbonyl (C=O) groups is 1. The molecule has 0 bridgehead atoms. The molecule has 1 amide bonds. The summed E-state index contributed by atoms with van der Waals surface area (Å²) in [5, 5.41) is 9.88. The molecule has 1 aromatic rings. The lowest BCUT2D eigenvalue weighted by Gasteiger charge is -2.19. The number of nitrogens with zero attached hydrogens (tertiary/aromatic N) is 1. The number of carbonyl (C=O) groups excluding carboxylic acids is 1. The lowest BCUT2D eigenvalue weighted by atomic mass is 10.1. The molecule has 1 N–H and O–H groups in total. The number of aliphatic hydroxyl groups is 1. The van der Waals surface area contributed by atoms with E-state index in [4.69, 9.17) is 0 Å². The van der Waals surface area contributed by atoms with Crippen molar-refractivity contribution >= 4 is 17.7 Å². The van der Waals surface area contributed by atoms with Gasteiger partial charge in [-0.15, -0.1) is 11.8 Å². The molecule has 1 atom stereocenters. The normalized spacial score (nSPS) is 22.8. The number of hydrogen-bond acceptors (Lipinski definition) is 3. The van der Waals surface area contributed by atoms with Crippen molar-refractivity contribution in [2.75, 3.05) is 18.8 Å². The fraction of sp³-hybridized carbons (Fsp3) is 0.533. The number of hydrogen-bond donors (Lipinski definition) is 1. The van der Waals surface area contributed by atoms with E-state index in [1.54, 1.807) is 23.6 Å². The van der Waals surface area contributed by atoms with Crippen molar-refractivity contribution < 1.29 is 9.90 Å². The Kier molecular flexibility index (Phi) is 4.21. The first-order valence-corrected chi connectivity index (χ1v) is 7.56. The van der Waals surface area contributed by atoms with Crippen molar-refractivity contribution in [1.82, 2.24) is 4.90 Å². The molecular weight excluding hydrogens is 258 g/mol. The summed E-state index contributed by atoms with van der Waals surface area (Å²) in [5.74, 6) is 0.559. The predicted molar refractivity (Wildman–Crippen MR) is 78.5 cm³/mol. The molecule has 1 saturated heterocycles. The van der Waals surface area contributed by atoms with Crippen LogP contribution in [-0.4, -0.2) is 40.4 Å². The van der Waals surface area contributed by atoms with Gasteiger partial charge in [0, 0.05) is 18.0 Å². The molecule has 3 nitrogen and oxygen atoms in total. The van der Waals surface area contributed by atoms with E-state index in [1.165, 1.54) is 16.0 Å². The van der Waals surface area contributed by atoms with Crippen LogP contribution in [0.1, 0.15) is 24.5 Å². The smallest absolute Gasteiger partial charge is 0.233 e. The zero-order valence-electron chi connectivity index (χ0n) is 11.8. The third-order valence-electron chi connectivity index (χ3n) is 3.50. The van der Waals surface area contributed by atoms with Crippen molar-refractivity contribution in [3.05, 3.63) is 29.3 Å². The lowest BCUT2D eigenvalue weighted by Crippen LogP contribution is -2.34. The van der Waals surface area contributed by atoms with E-state index in [9.17, 15) is 9.90 Å². The van der Waals surface area contributed by atoms with Crippen molar-refractivity contribution in [1.29, 1.82) is 0 Å². The molecule has 1 heterocycles. The highest BCUT2D eigenvalue weighted by Crippen LogP contribution is 2.26. The molecule has 19 heavy (non-hydrogen) atoms. The number of likely N-dealkylation sites (tertiary alicyclic amines) is 1. The molecule has 0 aromatic heterocycles. The standard InChI is InChI=1S/C15H21NO2S/c1-11-4-5-12(2)13(8-11)19-9-14(17)16-7-6-15(3,18)10-16/h4-5,8,18H,6-7,9-10H2,1-3H3. The first kappa shape index (κ1) is 14.4. The first-order valence-electron chi connectivity index (χ1n) is 6.58. The van der Waals surface area contributed by atoms with Gasteiger partial charge >= 0.3 is 0 Å². The summed E-state index contributed by atoms with van der Waals surface area (Å²) in [4.78, 5) is 15.0. The van der Waals surface area contributed by atoms with Crippen LogP contribution in [0.15, 0.2) is 23.1 Å². The number of thioether (sulfide) groups is 1. The maximum absolute atomic E-state index is 12.1. The zero-order chi connectivity index (χ0) is 14.0. The molecule has 2 rings (SSSR count). The highest BCUT2D eigenvalue weighted by Gasteiger charge is 2.33. The van der Waals surface area contributed by atoms with Crippen molar-refractivity contribution in [3.63, 3.8) is 0 Å². The Labute approximate surface area is 119 Å². The molecule has 0 saturated carbocycles. The molecule has 1 aromatic carbocycles. The SMILES string of the molecule is Cc1ccc(C)c(SCC(=O)N2CCC(C)(O)C2)c1. The van der Waals surface area contributed by atoms with Gasteiger partial charge in [0.1, 0.15) is 0 Å². The Morgan fingerprint density at radius 3 is 2.84 bits per heavy atom. The van der Waals surface area contributed by atoms with Gasteiger partial charge < -0.3 is 10.0 Å². The van der Waals surface area contributed by atoms with Gasteiger partial charge in [0.2, 0.25) is 5.91 Å². The molecule has 0 spiro atoms. The quantitative estimate of drug-likeness (QED) is 0.864. The van der Waals surface area contributed by atoms with Gasteiger partial charge in [-0.2, -0.15) is 0 Å². The van der Waals surface area contributed by atoms with Crippen LogP contribution in [0, 0.1) is 13.8 Å². The average Bonchev–Trinajstić information content (AvgIpc) is 2.70. The van der Waals surface area contributed by atoms with E-state index in [-0.39, 0.29) is 5.91 Å². The molecule has 104 valence electrons. The van der Waals surface area contributed by atoms with Crippen molar-refractivity contribution in [2.45, 2.75) is 37.7 Å². The molecule has 0 radical (unpaired) electrons. The monoisotopic (exact) mass is 279 g/mol. The van der Waals surface area contributed by atoms with E-state index >= 15 is 0 Å². The van der Waals surface area contributed by atoms with Gasteiger partial charge in [0.15, 0.2) is 0 Å². The van der Waals surface area contributed by atoms with Crippen LogP contribution in [0.5, 0.6) is 0 Å². The summed E-state index contributed by atoms with van der Waals surface area (Å²) >= 11 is 1.58. The number of benzene rings is 1. The Bertz CT molecular complexity index is 485. The molecule has 1 fully saturated rings. The molecule has 1 aliphatic heterocycles. The number of amides is 1. The van der Waals surface area contributed by atoms with Crippen molar-refractivity contribution in [2.24, 2.45) is 0 Å². The Morgan fingerprint density at radius 2 is 2.21 bits per heavy atom. The molecule has 1 aliphatic rings. The second-order valence-electron chi connectivity index (χ2n) is 5.62. The van der Waals surface area contributed by atoms with Crippen LogP contribution in [0.4, 0.5) is 0 Å². The van der Waals surface area contributed by atoms with E-state index in [2.05, 4.69) is 32.0 Å². The third kappa shape index (κ3) is 3.74. The van der Waals surface area contributed by atoms with Crippen LogP contribution >= 0.6 is 11.8 Å². The lowest BCUT2D eigenvalue weighted by molar-refractivity contribution is -0.128. The molecule has 0 aliphatic carbocycles. The second-order valence-corrected chi connectivity index (χ2v) is 6.64. The summed E-state index contributed by atoms with van der Waals surface area (Å²) in [7, 11) is 0. The van der Waals surface area contributed by atoms with Gasteiger partial charge in [0.25, 0.3) is 0 Å².